The van der Waals surface area contributed by atoms with E-state index in [4.69, 9.17) is 9.88 Å². The van der Waals surface area contributed by atoms with Gasteiger partial charge in [0.05, 0.1) is 23.1 Å². The molecule has 3 N–H and O–H groups in total. The van der Waals surface area contributed by atoms with Crippen LogP contribution in [0.4, 0.5) is 0 Å². The van der Waals surface area contributed by atoms with Crippen LogP contribution in [0, 0.1) is 12.8 Å². The number of rotatable bonds is 4. The Hall–Kier alpha value is -1.48. The molecule has 1 amide bonds. The second-order valence-corrected chi connectivity index (χ2v) is 9.10. The van der Waals surface area contributed by atoms with Crippen molar-refractivity contribution in [3.63, 3.8) is 0 Å². The van der Waals surface area contributed by atoms with Crippen molar-refractivity contribution >= 4 is 15.9 Å². The molecular formula is C18H25N3O4S. The van der Waals surface area contributed by atoms with Crippen molar-refractivity contribution in [2.75, 3.05) is 19.7 Å². The van der Waals surface area contributed by atoms with Crippen LogP contribution in [0.15, 0.2) is 23.1 Å². The smallest absolute Gasteiger partial charge is 0.251 e. The Morgan fingerprint density at radius 3 is 2.73 bits per heavy atom. The van der Waals surface area contributed by atoms with Crippen molar-refractivity contribution in [3.8, 4) is 0 Å². The minimum Gasteiger partial charge on any atom is -0.376 e. The van der Waals surface area contributed by atoms with Crippen molar-refractivity contribution in [2.45, 2.75) is 49.3 Å². The highest BCUT2D eigenvalue weighted by molar-refractivity contribution is 7.89. The number of ether oxygens (including phenoxy) is 1. The van der Waals surface area contributed by atoms with E-state index in [9.17, 15) is 13.2 Å². The van der Waals surface area contributed by atoms with E-state index in [0.29, 0.717) is 11.5 Å². The number of nitrogens with one attached hydrogen (secondary N) is 1. The van der Waals surface area contributed by atoms with Crippen LogP contribution in [0.5, 0.6) is 0 Å². The van der Waals surface area contributed by atoms with Gasteiger partial charge in [-0.3, -0.25) is 9.69 Å². The lowest BCUT2D eigenvalue weighted by molar-refractivity contribution is -0.0747. The Morgan fingerprint density at radius 1 is 1.31 bits per heavy atom. The maximum absolute atomic E-state index is 12.9. The number of carbonyl (C=O) groups excluding carboxylic acids is 1. The molecule has 2 saturated heterocycles. The number of nitrogens with zero attached hydrogens (tertiary/aromatic N) is 1. The maximum Gasteiger partial charge on any atom is 0.251 e. The molecule has 3 aliphatic rings. The zero-order valence-corrected chi connectivity index (χ0v) is 15.7. The van der Waals surface area contributed by atoms with Gasteiger partial charge in [0.25, 0.3) is 5.91 Å². The molecular weight excluding hydrogens is 354 g/mol. The Labute approximate surface area is 153 Å². The highest BCUT2D eigenvalue weighted by Gasteiger charge is 2.56. The molecule has 2 aliphatic heterocycles. The van der Waals surface area contributed by atoms with E-state index in [1.807, 2.05) is 0 Å². The Kier molecular flexibility index (Phi) is 4.54. The summed E-state index contributed by atoms with van der Waals surface area (Å²) >= 11 is 0. The summed E-state index contributed by atoms with van der Waals surface area (Å²) in [5.41, 5.74) is 1.09. The van der Waals surface area contributed by atoms with E-state index < -0.39 is 10.0 Å². The standard InChI is InChI=1S/C18H25N3O4S/c1-11-4-5-12(26(19,23)24)10-14(11)18(22)20-15-13-6-9-25-17(13)16(15)21-7-2-3-8-21/h4-5,10,13,15-17H,2-3,6-9H2,1H3,(H,20,22)(H2,19,23,24)/t13-,15+,16-,17-/m1/s1. The highest BCUT2D eigenvalue weighted by atomic mass is 32.2. The monoisotopic (exact) mass is 379 g/mol. The van der Waals surface area contributed by atoms with Crippen LogP contribution in [0.1, 0.15) is 35.2 Å². The number of hydrogen-bond donors (Lipinski definition) is 2. The average Bonchev–Trinajstić information content (AvgIpc) is 3.23. The molecule has 7 nitrogen and oxygen atoms in total. The molecule has 1 saturated carbocycles. The summed E-state index contributed by atoms with van der Waals surface area (Å²) < 4.78 is 29.1. The summed E-state index contributed by atoms with van der Waals surface area (Å²) in [4.78, 5) is 15.3. The van der Waals surface area contributed by atoms with E-state index >= 15 is 0 Å². The first-order valence-corrected chi connectivity index (χ1v) is 10.7. The Bertz CT molecular complexity index is 815. The normalized spacial score (nSPS) is 31.5. The van der Waals surface area contributed by atoms with Gasteiger partial charge in [0.15, 0.2) is 0 Å². The fraction of sp³-hybridized carbons (Fsp3) is 0.611. The Balaban J connectivity index is 1.55. The van der Waals surface area contributed by atoms with Crippen LogP contribution >= 0.6 is 0 Å². The van der Waals surface area contributed by atoms with Crippen LogP contribution in [-0.4, -0.2) is 57.1 Å². The number of carbonyl (C=O) groups is 1. The lowest BCUT2D eigenvalue weighted by Gasteiger charge is -2.51. The molecule has 0 radical (unpaired) electrons. The first kappa shape index (κ1) is 17.9. The number of hydrogen-bond acceptors (Lipinski definition) is 5. The van der Waals surface area contributed by atoms with Gasteiger partial charge in [-0.05, 0) is 57.0 Å². The number of benzene rings is 1. The third-order valence-electron chi connectivity index (χ3n) is 5.99. The van der Waals surface area contributed by atoms with Gasteiger partial charge in [-0.2, -0.15) is 0 Å². The number of aryl methyl sites for hydroxylation is 1. The topological polar surface area (TPSA) is 102 Å². The largest absolute Gasteiger partial charge is 0.376 e. The number of nitrogens with two attached hydrogens (primary N) is 1. The lowest BCUT2D eigenvalue weighted by atomic mass is 9.70. The summed E-state index contributed by atoms with van der Waals surface area (Å²) in [6, 6.07) is 4.68. The first-order chi connectivity index (χ1) is 12.4. The lowest BCUT2D eigenvalue weighted by Crippen LogP contribution is -2.70. The third kappa shape index (κ3) is 3.05. The molecule has 0 bridgehead atoms. The van der Waals surface area contributed by atoms with Crippen molar-refractivity contribution in [2.24, 2.45) is 11.1 Å². The molecule has 8 heteroatoms. The number of sulfonamides is 1. The molecule has 0 spiro atoms. The van der Waals surface area contributed by atoms with Crippen molar-refractivity contribution in [1.82, 2.24) is 10.2 Å². The maximum atomic E-state index is 12.9. The second-order valence-electron chi connectivity index (χ2n) is 7.54. The van der Waals surface area contributed by atoms with Gasteiger partial charge < -0.3 is 10.1 Å². The van der Waals surface area contributed by atoms with Crippen LogP contribution < -0.4 is 10.5 Å². The molecule has 26 heavy (non-hydrogen) atoms. The molecule has 4 atom stereocenters. The van der Waals surface area contributed by atoms with Crippen molar-refractivity contribution < 1.29 is 17.9 Å². The molecule has 1 aromatic rings. The third-order valence-corrected chi connectivity index (χ3v) is 6.90. The molecule has 2 heterocycles. The van der Waals surface area contributed by atoms with Crippen LogP contribution in [0.25, 0.3) is 0 Å². The van der Waals surface area contributed by atoms with E-state index in [1.54, 1.807) is 13.0 Å². The summed E-state index contributed by atoms with van der Waals surface area (Å²) in [6.07, 6.45) is 3.53. The van der Waals surface area contributed by atoms with Gasteiger partial charge in [0, 0.05) is 18.1 Å². The summed E-state index contributed by atoms with van der Waals surface area (Å²) in [5, 5.41) is 8.36. The van der Waals surface area contributed by atoms with Crippen LogP contribution in [-0.2, 0) is 14.8 Å². The van der Waals surface area contributed by atoms with Gasteiger partial charge in [0.1, 0.15) is 0 Å². The molecule has 0 aromatic heterocycles. The minimum absolute atomic E-state index is 0.0416. The summed E-state index contributed by atoms with van der Waals surface area (Å²) in [7, 11) is -3.84. The van der Waals surface area contributed by atoms with Crippen molar-refractivity contribution in [1.29, 1.82) is 0 Å². The fourth-order valence-electron chi connectivity index (χ4n) is 4.59. The molecule has 1 aromatic carbocycles. The first-order valence-electron chi connectivity index (χ1n) is 9.16. The van der Waals surface area contributed by atoms with Gasteiger partial charge >= 0.3 is 0 Å². The number of amides is 1. The van der Waals surface area contributed by atoms with Crippen molar-refractivity contribution in [3.05, 3.63) is 29.3 Å². The predicted molar refractivity (Wildman–Crippen MR) is 96.2 cm³/mol. The van der Waals surface area contributed by atoms with Gasteiger partial charge in [-0.25, -0.2) is 13.6 Å². The van der Waals surface area contributed by atoms with Gasteiger partial charge in [-0.1, -0.05) is 6.07 Å². The molecule has 1 aliphatic carbocycles. The van der Waals surface area contributed by atoms with Gasteiger partial charge in [-0.15, -0.1) is 0 Å². The van der Waals surface area contributed by atoms with Crippen LogP contribution in [0.2, 0.25) is 0 Å². The minimum atomic E-state index is -3.84. The fourth-order valence-corrected chi connectivity index (χ4v) is 5.13. The summed E-state index contributed by atoms with van der Waals surface area (Å²) in [6.45, 7) is 4.63. The number of likely N-dealkylation sites (tertiary alicyclic amines) is 1. The average molecular weight is 379 g/mol. The van der Waals surface area contributed by atoms with E-state index in [2.05, 4.69) is 10.2 Å². The molecule has 142 valence electrons. The van der Waals surface area contributed by atoms with E-state index in [-0.39, 0.29) is 29.0 Å². The molecule has 3 fully saturated rings. The Morgan fingerprint density at radius 2 is 2.04 bits per heavy atom. The van der Waals surface area contributed by atoms with Crippen LogP contribution in [0.3, 0.4) is 0 Å². The SMILES string of the molecule is Cc1ccc(S(N)(=O)=O)cc1C(=O)N[C@H]1[C@H]2CCO[C@H]2[C@@H]1N1CCCC1. The van der Waals surface area contributed by atoms with Gasteiger partial charge in [0.2, 0.25) is 10.0 Å². The zero-order chi connectivity index (χ0) is 18.5. The molecule has 0 unspecified atom stereocenters. The number of primary sulfonamides is 1. The molecule has 4 rings (SSSR count). The van der Waals surface area contributed by atoms with E-state index in [0.717, 1.165) is 31.7 Å². The number of fused-ring (bicyclic) bond motifs is 1. The second kappa shape index (κ2) is 6.60. The predicted octanol–water partition coefficient (Wildman–Crippen LogP) is 0.624. The highest BCUT2D eigenvalue weighted by Crippen LogP contribution is 2.43. The zero-order valence-electron chi connectivity index (χ0n) is 14.8. The quantitative estimate of drug-likeness (QED) is 0.799. The van der Waals surface area contributed by atoms with E-state index in [1.165, 1.54) is 25.0 Å². The summed E-state index contributed by atoms with van der Waals surface area (Å²) in [5.74, 6) is 0.0961.